The van der Waals surface area contributed by atoms with Gasteiger partial charge >= 0.3 is 0 Å². The van der Waals surface area contributed by atoms with Gasteiger partial charge in [-0.15, -0.1) is 0 Å². The molecule has 4 nitrogen and oxygen atoms in total. The Labute approximate surface area is 165 Å². The van der Waals surface area contributed by atoms with Gasteiger partial charge in [-0.2, -0.15) is 0 Å². The lowest BCUT2D eigenvalue weighted by Crippen LogP contribution is -2.28. The summed E-state index contributed by atoms with van der Waals surface area (Å²) in [7, 11) is 0. The fraction of sp³-hybridized carbons (Fsp3) is 0.0909. The number of fused-ring (bicyclic) bond motifs is 2. The summed E-state index contributed by atoms with van der Waals surface area (Å²) in [4.78, 5) is 25.4. The highest BCUT2D eigenvalue weighted by atomic mass is 35.5. The lowest BCUT2D eigenvalue weighted by atomic mass is 10.1. The minimum absolute atomic E-state index is 0.0418. The van der Waals surface area contributed by atoms with Crippen LogP contribution in [0.3, 0.4) is 0 Å². The normalized spacial score (nSPS) is 11.1. The predicted molar refractivity (Wildman–Crippen MR) is 109 cm³/mol. The van der Waals surface area contributed by atoms with Crippen molar-refractivity contribution in [1.82, 2.24) is 9.88 Å². The van der Waals surface area contributed by atoms with Crippen molar-refractivity contribution in [3.8, 4) is 0 Å². The first-order valence-electron chi connectivity index (χ1n) is 8.75. The monoisotopic (exact) mass is 394 g/mol. The standard InChI is InChI=1S/C22H16ClFN2O2/c23-15-7-10-20-18(11-15)22(28)17-3-1-2-4-19(17)26(20)13-21(27)25-12-14-5-8-16(24)9-6-14/h1-11H,12-13H2,(H,25,27). The average molecular weight is 395 g/mol. The molecule has 28 heavy (non-hydrogen) atoms. The zero-order valence-electron chi connectivity index (χ0n) is 14.8. The molecule has 0 saturated carbocycles. The van der Waals surface area contributed by atoms with Crippen LogP contribution in [0.1, 0.15) is 5.56 Å². The van der Waals surface area contributed by atoms with Crippen LogP contribution in [0, 0.1) is 5.82 Å². The maximum atomic E-state index is 13.0. The van der Waals surface area contributed by atoms with Crippen LogP contribution in [0.5, 0.6) is 0 Å². The van der Waals surface area contributed by atoms with E-state index in [0.29, 0.717) is 33.4 Å². The van der Waals surface area contributed by atoms with E-state index in [1.165, 1.54) is 12.1 Å². The molecule has 6 heteroatoms. The third kappa shape index (κ3) is 3.49. The molecule has 0 unspecified atom stereocenters. The molecule has 0 atom stereocenters. The number of para-hydroxylation sites is 1. The molecule has 0 spiro atoms. The van der Waals surface area contributed by atoms with E-state index < -0.39 is 0 Å². The van der Waals surface area contributed by atoms with Gasteiger partial charge < -0.3 is 9.88 Å². The summed E-state index contributed by atoms with van der Waals surface area (Å²) in [5, 5.41) is 4.30. The van der Waals surface area contributed by atoms with Gasteiger partial charge in [0.25, 0.3) is 0 Å². The van der Waals surface area contributed by atoms with Gasteiger partial charge in [-0.1, -0.05) is 35.9 Å². The molecule has 0 aliphatic rings. The Morgan fingerprint density at radius 1 is 0.964 bits per heavy atom. The van der Waals surface area contributed by atoms with Crippen LogP contribution in [-0.2, 0) is 17.9 Å². The van der Waals surface area contributed by atoms with Crippen molar-refractivity contribution in [1.29, 1.82) is 0 Å². The van der Waals surface area contributed by atoms with Crippen molar-refractivity contribution in [3.05, 3.63) is 93.4 Å². The van der Waals surface area contributed by atoms with Crippen molar-refractivity contribution in [2.24, 2.45) is 0 Å². The Bertz CT molecular complexity index is 1250. The van der Waals surface area contributed by atoms with Gasteiger partial charge in [0.15, 0.2) is 5.43 Å². The van der Waals surface area contributed by atoms with Crippen LogP contribution in [0.25, 0.3) is 21.8 Å². The van der Waals surface area contributed by atoms with Crippen LogP contribution in [0.15, 0.2) is 71.5 Å². The minimum Gasteiger partial charge on any atom is -0.350 e. The van der Waals surface area contributed by atoms with E-state index in [9.17, 15) is 14.0 Å². The summed E-state index contributed by atoms with van der Waals surface area (Å²) in [6, 6.07) is 18.2. The van der Waals surface area contributed by atoms with Crippen molar-refractivity contribution in [2.75, 3.05) is 0 Å². The Morgan fingerprint density at radius 2 is 1.68 bits per heavy atom. The number of rotatable bonds is 4. The largest absolute Gasteiger partial charge is 0.350 e. The molecule has 1 N–H and O–H groups in total. The number of nitrogens with one attached hydrogen (secondary N) is 1. The molecular formula is C22H16ClFN2O2. The quantitative estimate of drug-likeness (QED) is 0.526. The van der Waals surface area contributed by atoms with E-state index in [-0.39, 0.29) is 23.7 Å². The summed E-state index contributed by atoms with van der Waals surface area (Å²) in [6.45, 7) is 0.334. The summed E-state index contributed by atoms with van der Waals surface area (Å²) in [5.41, 5.74) is 2.01. The highest BCUT2D eigenvalue weighted by Crippen LogP contribution is 2.22. The van der Waals surface area contributed by atoms with E-state index in [4.69, 9.17) is 11.6 Å². The lowest BCUT2D eigenvalue weighted by molar-refractivity contribution is -0.121. The predicted octanol–water partition coefficient (Wildman–Crippen LogP) is 4.26. The van der Waals surface area contributed by atoms with E-state index >= 15 is 0 Å². The van der Waals surface area contributed by atoms with E-state index in [1.807, 2.05) is 16.7 Å². The number of hydrogen-bond acceptors (Lipinski definition) is 2. The number of carbonyl (C=O) groups excluding carboxylic acids is 1. The second-order valence-electron chi connectivity index (χ2n) is 6.50. The van der Waals surface area contributed by atoms with Crippen LogP contribution in [-0.4, -0.2) is 10.5 Å². The number of hydrogen-bond donors (Lipinski definition) is 1. The summed E-state index contributed by atoms with van der Waals surface area (Å²) in [5.74, 6) is -0.533. The number of aromatic nitrogens is 1. The number of carbonyl (C=O) groups is 1. The molecule has 1 amide bonds. The molecule has 0 aliphatic heterocycles. The first-order chi connectivity index (χ1) is 13.5. The molecule has 0 saturated heterocycles. The molecule has 0 radical (unpaired) electrons. The maximum Gasteiger partial charge on any atom is 0.240 e. The second kappa shape index (κ2) is 7.44. The van der Waals surface area contributed by atoms with Gasteiger partial charge in [0, 0.05) is 22.3 Å². The molecule has 1 aromatic heterocycles. The first kappa shape index (κ1) is 18.2. The molecule has 1 heterocycles. The molecule has 0 fully saturated rings. The molecule has 4 aromatic rings. The second-order valence-corrected chi connectivity index (χ2v) is 6.93. The third-order valence-corrected chi connectivity index (χ3v) is 4.87. The number of halogens is 2. The Balaban J connectivity index is 1.70. The third-order valence-electron chi connectivity index (χ3n) is 4.64. The van der Waals surface area contributed by atoms with Gasteiger partial charge in [0.1, 0.15) is 12.4 Å². The summed E-state index contributed by atoms with van der Waals surface area (Å²) in [6.07, 6.45) is 0. The van der Waals surface area contributed by atoms with Crippen LogP contribution in [0.2, 0.25) is 5.02 Å². The van der Waals surface area contributed by atoms with Gasteiger partial charge in [0.05, 0.1) is 11.0 Å². The van der Waals surface area contributed by atoms with Crippen molar-refractivity contribution in [2.45, 2.75) is 13.1 Å². The molecule has 140 valence electrons. The fourth-order valence-electron chi connectivity index (χ4n) is 3.27. The zero-order chi connectivity index (χ0) is 19.7. The first-order valence-corrected chi connectivity index (χ1v) is 9.13. The highest BCUT2D eigenvalue weighted by Gasteiger charge is 2.13. The molecule has 3 aromatic carbocycles. The Hall–Kier alpha value is -3.18. The molecule has 0 aliphatic carbocycles. The topological polar surface area (TPSA) is 51.1 Å². The van der Waals surface area contributed by atoms with Crippen molar-refractivity contribution in [3.63, 3.8) is 0 Å². The molecule has 0 bridgehead atoms. The fourth-order valence-corrected chi connectivity index (χ4v) is 3.45. The van der Waals surface area contributed by atoms with Gasteiger partial charge in [-0.25, -0.2) is 4.39 Å². The molecular weight excluding hydrogens is 379 g/mol. The van der Waals surface area contributed by atoms with Crippen molar-refractivity contribution < 1.29 is 9.18 Å². The minimum atomic E-state index is -0.320. The van der Waals surface area contributed by atoms with E-state index in [1.54, 1.807) is 42.5 Å². The number of pyridine rings is 1. The number of amides is 1. The number of nitrogens with zero attached hydrogens (tertiary/aromatic N) is 1. The average Bonchev–Trinajstić information content (AvgIpc) is 2.71. The highest BCUT2D eigenvalue weighted by molar-refractivity contribution is 6.31. The maximum absolute atomic E-state index is 13.0. The van der Waals surface area contributed by atoms with Gasteiger partial charge in [-0.05, 0) is 48.0 Å². The van der Waals surface area contributed by atoms with Crippen LogP contribution >= 0.6 is 11.6 Å². The number of benzene rings is 3. The Morgan fingerprint density at radius 3 is 2.46 bits per heavy atom. The lowest BCUT2D eigenvalue weighted by Gasteiger charge is -2.15. The van der Waals surface area contributed by atoms with Crippen molar-refractivity contribution >= 4 is 39.3 Å². The summed E-state index contributed by atoms with van der Waals surface area (Å²) < 4.78 is 14.8. The summed E-state index contributed by atoms with van der Waals surface area (Å²) >= 11 is 6.07. The van der Waals surface area contributed by atoms with Gasteiger partial charge in [0.2, 0.25) is 5.91 Å². The smallest absolute Gasteiger partial charge is 0.240 e. The van der Waals surface area contributed by atoms with E-state index in [2.05, 4.69) is 5.32 Å². The SMILES string of the molecule is O=C(Cn1c2ccccc2c(=O)c2cc(Cl)ccc21)NCc1ccc(F)cc1. The van der Waals surface area contributed by atoms with Crippen LogP contribution < -0.4 is 10.7 Å². The Kier molecular flexibility index (Phi) is 4.84. The van der Waals surface area contributed by atoms with E-state index in [0.717, 1.165) is 5.56 Å². The van der Waals surface area contributed by atoms with Gasteiger partial charge in [-0.3, -0.25) is 9.59 Å². The molecule has 4 rings (SSSR count). The zero-order valence-corrected chi connectivity index (χ0v) is 15.5. The van der Waals surface area contributed by atoms with Crippen LogP contribution in [0.4, 0.5) is 4.39 Å².